The molecule has 0 atom stereocenters. The van der Waals surface area contributed by atoms with Crippen LogP contribution in [0.1, 0.15) is 27.8 Å². The van der Waals surface area contributed by atoms with Gasteiger partial charge in [0.05, 0.1) is 33.7 Å². The minimum Gasteiger partial charge on any atom is -0.308 e. The average Bonchev–Trinajstić information content (AvgIpc) is 3.62. The Bertz CT molecular complexity index is 3250. The van der Waals surface area contributed by atoms with E-state index in [1.165, 1.54) is 34.4 Å². The van der Waals surface area contributed by atoms with Gasteiger partial charge in [-0.1, -0.05) is 145 Å². The standard InChI is InChI=1S/C57H42F3N3/c1-35-19-21-39(22-20-35)47-32-44(51-34-50(41-13-7-5-8-14-41)61-56(62-51)42-15-9-6-10-16-42)33-48(40-23-26-45(27-24-40)57(58,59)60)55(47)63-52-18-12-11-17-46(52)49-31-43(25-28-53(49)63)54-37(3)29-36(2)30-38(54)4/h5-34H,1-4H3. The molecule has 2 aromatic heterocycles. The summed E-state index contributed by atoms with van der Waals surface area (Å²) in [5.74, 6) is 0.571. The zero-order chi connectivity index (χ0) is 43.4. The maximum absolute atomic E-state index is 14.1. The van der Waals surface area contributed by atoms with Crippen LogP contribution in [-0.2, 0) is 6.18 Å². The van der Waals surface area contributed by atoms with E-state index in [9.17, 15) is 13.2 Å². The fraction of sp³-hybridized carbons (Fsp3) is 0.0877. The van der Waals surface area contributed by atoms with E-state index in [-0.39, 0.29) is 0 Å². The van der Waals surface area contributed by atoms with E-state index >= 15 is 0 Å². The lowest BCUT2D eigenvalue weighted by Gasteiger charge is -2.22. The van der Waals surface area contributed by atoms with E-state index in [0.29, 0.717) is 17.1 Å². The van der Waals surface area contributed by atoms with Gasteiger partial charge >= 0.3 is 6.18 Å². The van der Waals surface area contributed by atoms with E-state index < -0.39 is 11.7 Å². The highest BCUT2D eigenvalue weighted by atomic mass is 19.4. The van der Waals surface area contributed by atoms with Crippen molar-refractivity contribution in [2.45, 2.75) is 33.9 Å². The summed E-state index contributed by atoms with van der Waals surface area (Å²) in [6, 6.07) is 59.6. The van der Waals surface area contributed by atoms with E-state index in [4.69, 9.17) is 9.97 Å². The Kier molecular flexibility index (Phi) is 9.87. The van der Waals surface area contributed by atoms with Crippen LogP contribution in [0, 0.1) is 27.7 Å². The van der Waals surface area contributed by atoms with Crippen LogP contribution in [0.2, 0.25) is 0 Å². The van der Waals surface area contributed by atoms with Crippen LogP contribution < -0.4 is 0 Å². The van der Waals surface area contributed by atoms with Crippen molar-refractivity contribution >= 4 is 21.8 Å². The highest BCUT2D eigenvalue weighted by molar-refractivity contribution is 6.12. The molecule has 2 heterocycles. The number of rotatable bonds is 7. The average molecular weight is 826 g/mol. The van der Waals surface area contributed by atoms with Gasteiger partial charge in [0.1, 0.15) is 0 Å². The number of hydrogen-bond donors (Lipinski definition) is 0. The minimum atomic E-state index is -4.49. The lowest BCUT2D eigenvalue weighted by Crippen LogP contribution is -2.05. The van der Waals surface area contributed by atoms with Crippen molar-refractivity contribution in [2.24, 2.45) is 0 Å². The van der Waals surface area contributed by atoms with Crippen molar-refractivity contribution in [3.05, 3.63) is 210 Å². The molecule has 0 aliphatic heterocycles. The predicted octanol–water partition coefficient (Wildman–Crippen LogP) is 15.8. The monoisotopic (exact) mass is 825 g/mol. The van der Waals surface area contributed by atoms with Gasteiger partial charge in [0.2, 0.25) is 0 Å². The Morgan fingerprint density at radius 3 is 1.56 bits per heavy atom. The van der Waals surface area contributed by atoms with Crippen molar-refractivity contribution < 1.29 is 13.2 Å². The van der Waals surface area contributed by atoms with Gasteiger partial charge in [-0.25, -0.2) is 9.97 Å². The zero-order valence-corrected chi connectivity index (χ0v) is 35.3. The third-order valence-electron chi connectivity index (χ3n) is 12.0. The number of para-hydroxylation sites is 1. The summed E-state index contributed by atoms with van der Waals surface area (Å²) in [7, 11) is 0. The predicted molar refractivity (Wildman–Crippen MR) is 253 cm³/mol. The van der Waals surface area contributed by atoms with Gasteiger partial charge in [-0.3, -0.25) is 0 Å². The maximum Gasteiger partial charge on any atom is 0.416 e. The first kappa shape index (κ1) is 39.6. The molecule has 8 aromatic carbocycles. The first-order chi connectivity index (χ1) is 30.5. The molecule has 63 heavy (non-hydrogen) atoms. The first-order valence-electron chi connectivity index (χ1n) is 21.0. The fourth-order valence-corrected chi connectivity index (χ4v) is 9.11. The molecule has 0 saturated carbocycles. The number of aromatic nitrogens is 3. The van der Waals surface area contributed by atoms with Gasteiger partial charge < -0.3 is 4.57 Å². The fourth-order valence-electron chi connectivity index (χ4n) is 9.11. The second kappa shape index (κ2) is 15.7. The van der Waals surface area contributed by atoms with E-state index in [0.717, 1.165) is 77.7 Å². The molecule has 0 spiro atoms. The number of nitrogens with zero attached hydrogens (tertiary/aromatic N) is 3. The summed E-state index contributed by atoms with van der Waals surface area (Å²) in [4.78, 5) is 10.3. The largest absolute Gasteiger partial charge is 0.416 e. The molecule has 0 unspecified atom stereocenters. The van der Waals surface area contributed by atoms with Gasteiger partial charge in [0, 0.05) is 38.6 Å². The summed E-state index contributed by atoms with van der Waals surface area (Å²) >= 11 is 0. The molecule has 10 aromatic rings. The molecule has 0 bridgehead atoms. The molecule has 0 saturated heterocycles. The summed E-state index contributed by atoms with van der Waals surface area (Å²) < 4.78 is 44.7. The molecule has 306 valence electrons. The quantitative estimate of drug-likeness (QED) is 0.160. The lowest BCUT2D eigenvalue weighted by molar-refractivity contribution is -0.137. The van der Waals surface area contributed by atoms with Gasteiger partial charge in [-0.15, -0.1) is 0 Å². The van der Waals surface area contributed by atoms with Gasteiger partial charge in [-0.05, 0) is 110 Å². The second-order valence-electron chi connectivity index (χ2n) is 16.4. The summed E-state index contributed by atoms with van der Waals surface area (Å²) in [5, 5.41) is 2.15. The normalized spacial score (nSPS) is 11.7. The van der Waals surface area contributed by atoms with Crippen LogP contribution in [0.3, 0.4) is 0 Å². The van der Waals surface area contributed by atoms with Crippen molar-refractivity contribution in [3.63, 3.8) is 0 Å². The topological polar surface area (TPSA) is 30.7 Å². The van der Waals surface area contributed by atoms with Gasteiger partial charge in [0.15, 0.2) is 5.82 Å². The van der Waals surface area contributed by atoms with Crippen molar-refractivity contribution in [1.82, 2.24) is 14.5 Å². The second-order valence-corrected chi connectivity index (χ2v) is 16.4. The van der Waals surface area contributed by atoms with Crippen molar-refractivity contribution in [3.8, 4) is 73.0 Å². The molecule has 0 aliphatic rings. The Labute approximate surface area is 364 Å². The number of benzene rings is 8. The Morgan fingerprint density at radius 1 is 0.413 bits per heavy atom. The summed E-state index contributed by atoms with van der Waals surface area (Å²) in [5.41, 5.74) is 16.5. The molecule has 0 aliphatic carbocycles. The Morgan fingerprint density at radius 2 is 0.937 bits per heavy atom. The highest BCUT2D eigenvalue weighted by Gasteiger charge is 2.30. The smallest absolute Gasteiger partial charge is 0.308 e. The number of aryl methyl sites for hydroxylation is 4. The minimum absolute atomic E-state index is 0.571. The van der Waals surface area contributed by atoms with Crippen LogP contribution in [-0.4, -0.2) is 14.5 Å². The first-order valence-corrected chi connectivity index (χ1v) is 21.0. The van der Waals surface area contributed by atoms with Crippen LogP contribution >= 0.6 is 0 Å². The van der Waals surface area contributed by atoms with Crippen molar-refractivity contribution in [1.29, 1.82) is 0 Å². The van der Waals surface area contributed by atoms with Crippen molar-refractivity contribution in [2.75, 3.05) is 0 Å². The van der Waals surface area contributed by atoms with E-state index in [1.54, 1.807) is 12.1 Å². The third kappa shape index (κ3) is 7.38. The third-order valence-corrected chi connectivity index (χ3v) is 12.0. The molecular formula is C57H42F3N3. The molecule has 0 radical (unpaired) electrons. The molecular weight excluding hydrogens is 784 g/mol. The molecule has 3 nitrogen and oxygen atoms in total. The van der Waals surface area contributed by atoms with Gasteiger partial charge in [0.25, 0.3) is 0 Å². The molecule has 6 heteroatoms. The molecule has 0 fully saturated rings. The summed E-state index contributed by atoms with van der Waals surface area (Å²) in [6.07, 6.45) is -4.49. The van der Waals surface area contributed by atoms with Crippen LogP contribution in [0.15, 0.2) is 182 Å². The summed E-state index contributed by atoms with van der Waals surface area (Å²) in [6.45, 7) is 8.52. The van der Waals surface area contributed by atoms with Crippen LogP contribution in [0.5, 0.6) is 0 Å². The molecule has 0 N–H and O–H groups in total. The molecule has 0 amide bonds. The zero-order valence-electron chi connectivity index (χ0n) is 35.3. The van der Waals surface area contributed by atoms with Gasteiger partial charge in [-0.2, -0.15) is 13.2 Å². The Hall–Kier alpha value is -7.57. The van der Waals surface area contributed by atoms with Crippen LogP contribution in [0.25, 0.3) is 94.8 Å². The number of halogens is 3. The lowest BCUT2D eigenvalue weighted by atomic mass is 9.90. The number of fused-ring (bicyclic) bond motifs is 3. The van der Waals surface area contributed by atoms with Crippen LogP contribution in [0.4, 0.5) is 13.2 Å². The SMILES string of the molecule is Cc1ccc(-c2cc(-c3cc(-c4ccccc4)nc(-c4ccccc4)n3)cc(-c3ccc(C(F)(F)F)cc3)c2-n2c3ccccc3c3cc(-c4c(C)cc(C)cc4C)ccc32)cc1. The number of hydrogen-bond acceptors (Lipinski definition) is 2. The molecule has 10 rings (SSSR count). The maximum atomic E-state index is 14.1. The Balaban J connectivity index is 1.31. The highest BCUT2D eigenvalue weighted by Crippen LogP contribution is 2.45. The number of alkyl halides is 3. The van der Waals surface area contributed by atoms with E-state index in [2.05, 4.69) is 117 Å². The van der Waals surface area contributed by atoms with E-state index in [1.807, 2.05) is 72.8 Å².